The van der Waals surface area contributed by atoms with Crippen molar-refractivity contribution in [3.05, 3.63) is 63.2 Å². The van der Waals surface area contributed by atoms with Gasteiger partial charge in [-0.05, 0) is 31.2 Å². The predicted octanol–water partition coefficient (Wildman–Crippen LogP) is 5.30. The maximum atomic E-state index is 12.7. The lowest BCUT2D eigenvalue weighted by atomic mass is 10.2. The summed E-state index contributed by atoms with van der Waals surface area (Å²) in [5.41, 5.74) is 1.69. The molecule has 0 aliphatic rings. The summed E-state index contributed by atoms with van der Waals surface area (Å²) in [6.07, 6.45) is 0. The zero-order chi connectivity index (χ0) is 17.5. The molecule has 0 aliphatic carbocycles. The highest BCUT2D eigenvalue weighted by Gasteiger charge is 2.21. The second-order valence-electron chi connectivity index (χ2n) is 5.13. The van der Waals surface area contributed by atoms with E-state index in [0.29, 0.717) is 11.2 Å². The molecule has 0 bridgehead atoms. The number of anilines is 1. The number of fused-ring (bicyclic) bond motifs is 1. The summed E-state index contributed by atoms with van der Waals surface area (Å²) in [6.45, 7) is 1.83. The SMILES string of the molecule is Cc1ccc2cccc(NS(=O)(=O)c3cc(Cl)c(Cl)cc3Cl)c2n1. The van der Waals surface area contributed by atoms with Crippen LogP contribution in [0.4, 0.5) is 5.69 Å². The van der Waals surface area contributed by atoms with Gasteiger partial charge < -0.3 is 0 Å². The van der Waals surface area contributed by atoms with Gasteiger partial charge in [0.1, 0.15) is 4.90 Å². The molecule has 0 saturated carbocycles. The summed E-state index contributed by atoms with van der Waals surface area (Å²) in [4.78, 5) is 4.25. The largest absolute Gasteiger partial charge is 0.277 e. The number of benzene rings is 2. The van der Waals surface area contributed by atoms with Crippen LogP contribution in [0.15, 0.2) is 47.4 Å². The van der Waals surface area contributed by atoms with Gasteiger partial charge in [0.05, 0.1) is 26.3 Å². The minimum atomic E-state index is -3.95. The highest BCUT2D eigenvalue weighted by Crippen LogP contribution is 2.33. The van der Waals surface area contributed by atoms with E-state index in [1.807, 2.05) is 25.1 Å². The molecule has 124 valence electrons. The van der Waals surface area contributed by atoms with E-state index >= 15 is 0 Å². The number of nitrogens with one attached hydrogen (secondary N) is 1. The van der Waals surface area contributed by atoms with Crippen molar-refractivity contribution in [2.24, 2.45) is 0 Å². The van der Waals surface area contributed by atoms with E-state index in [9.17, 15) is 8.42 Å². The Morgan fingerprint density at radius 2 is 1.67 bits per heavy atom. The van der Waals surface area contributed by atoms with Gasteiger partial charge in [-0.1, -0.05) is 53.0 Å². The van der Waals surface area contributed by atoms with Gasteiger partial charge in [-0.25, -0.2) is 8.42 Å². The Kier molecular flexibility index (Phi) is 4.62. The third kappa shape index (κ3) is 3.30. The molecule has 1 heterocycles. The molecule has 3 aromatic rings. The van der Waals surface area contributed by atoms with Crippen LogP contribution in [-0.2, 0) is 10.0 Å². The van der Waals surface area contributed by atoms with Crippen LogP contribution in [0.1, 0.15) is 5.69 Å². The Bertz CT molecular complexity index is 1050. The second-order valence-corrected chi connectivity index (χ2v) is 8.00. The Morgan fingerprint density at radius 1 is 0.958 bits per heavy atom. The molecule has 0 unspecified atom stereocenters. The monoisotopic (exact) mass is 400 g/mol. The average Bonchev–Trinajstić information content (AvgIpc) is 2.51. The molecule has 0 spiro atoms. The van der Waals surface area contributed by atoms with Crippen LogP contribution in [0.3, 0.4) is 0 Å². The smallest absolute Gasteiger partial charge is 0.263 e. The summed E-state index contributed by atoms with van der Waals surface area (Å²) in [6, 6.07) is 11.5. The maximum Gasteiger partial charge on any atom is 0.263 e. The van der Waals surface area contributed by atoms with Crippen LogP contribution >= 0.6 is 34.8 Å². The number of hydrogen-bond acceptors (Lipinski definition) is 3. The maximum absolute atomic E-state index is 12.7. The fraction of sp³-hybridized carbons (Fsp3) is 0.0625. The van der Waals surface area contributed by atoms with E-state index in [1.54, 1.807) is 12.1 Å². The molecule has 0 amide bonds. The van der Waals surface area contributed by atoms with E-state index in [0.717, 1.165) is 11.1 Å². The quantitative estimate of drug-likeness (QED) is 0.605. The first-order valence-corrected chi connectivity index (χ1v) is 9.43. The van der Waals surface area contributed by atoms with E-state index in [4.69, 9.17) is 34.8 Å². The van der Waals surface area contributed by atoms with Crippen molar-refractivity contribution in [2.75, 3.05) is 4.72 Å². The van der Waals surface area contributed by atoms with Gasteiger partial charge >= 0.3 is 0 Å². The Morgan fingerprint density at radius 3 is 2.42 bits per heavy atom. The molecular formula is C16H11Cl3N2O2S. The van der Waals surface area contributed by atoms with Crippen LogP contribution in [0.5, 0.6) is 0 Å². The number of aromatic nitrogens is 1. The predicted molar refractivity (Wildman–Crippen MR) is 98.8 cm³/mol. The summed E-state index contributed by atoms with van der Waals surface area (Å²) in [5.74, 6) is 0. The van der Waals surface area contributed by atoms with Crippen LogP contribution in [0.2, 0.25) is 15.1 Å². The Labute approximate surface area is 154 Å². The lowest BCUT2D eigenvalue weighted by Gasteiger charge is -2.12. The first-order chi connectivity index (χ1) is 11.3. The highest BCUT2D eigenvalue weighted by molar-refractivity contribution is 7.92. The number of pyridine rings is 1. The zero-order valence-corrected chi connectivity index (χ0v) is 15.4. The molecule has 0 fully saturated rings. The van der Waals surface area contributed by atoms with Crippen molar-refractivity contribution in [1.82, 2.24) is 4.98 Å². The molecule has 8 heteroatoms. The van der Waals surface area contributed by atoms with Crippen molar-refractivity contribution in [1.29, 1.82) is 0 Å². The molecule has 24 heavy (non-hydrogen) atoms. The van der Waals surface area contributed by atoms with Gasteiger partial charge in [-0.15, -0.1) is 0 Å². The Hall–Kier alpha value is -1.53. The summed E-state index contributed by atoms with van der Waals surface area (Å²) >= 11 is 17.8. The van der Waals surface area contributed by atoms with Crippen LogP contribution in [0, 0.1) is 6.92 Å². The lowest BCUT2D eigenvalue weighted by molar-refractivity contribution is 0.601. The van der Waals surface area contributed by atoms with Crippen molar-refractivity contribution in [3.63, 3.8) is 0 Å². The first-order valence-electron chi connectivity index (χ1n) is 6.82. The molecule has 0 saturated heterocycles. The standard InChI is InChI=1S/C16H11Cl3N2O2S/c1-9-5-6-10-3-2-4-14(16(10)20-9)21-24(22,23)15-8-12(18)11(17)7-13(15)19/h2-8,21H,1H3. The van der Waals surface area contributed by atoms with Crippen molar-refractivity contribution in [3.8, 4) is 0 Å². The number of halogens is 3. The number of nitrogens with zero attached hydrogens (tertiary/aromatic N) is 1. The number of para-hydroxylation sites is 1. The van der Waals surface area contributed by atoms with Crippen molar-refractivity contribution in [2.45, 2.75) is 11.8 Å². The summed E-state index contributed by atoms with van der Waals surface area (Å²) in [5, 5.41) is 1.10. The molecular weight excluding hydrogens is 391 g/mol. The summed E-state index contributed by atoms with van der Waals surface area (Å²) in [7, 11) is -3.95. The first kappa shape index (κ1) is 17.3. The molecule has 0 atom stereocenters. The van der Waals surface area contributed by atoms with Crippen LogP contribution in [-0.4, -0.2) is 13.4 Å². The van der Waals surface area contributed by atoms with Crippen LogP contribution < -0.4 is 4.72 Å². The van der Waals surface area contributed by atoms with E-state index in [2.05, 4.69) is 9.71 Å². The fourth-order valence-corrected chi connectivity index (χ4v) is 4.31. The molecule has 0 radical (unpaired) electrons. The molecule has 4 nitrogen and oxygen atoms in total. The van der Waals surface area contributed by atoms with Gasteiger partial charge in [0.15, 0.2) is 0 Å². The van der Waals surface area contributed by atoms with Gasteiger partial charge in [0, 0.05) is 11.1 Å². The van der Waals surface area contributed by atoms with E-state index in [-0.39, 0.29) is 20.0 Å². The van der Waals surface area contributed by atoms with Crippen molar-refractivity contribution < 1.29 is 8.42 Å². The van der Waals surface area contributed by atoms with Gasteiger partial charge in [0.2, 0.25) is 0 Å². The van der Waals surface area contributed by atoms with Gasteiger partial charge in [-0.3, -0.25) is 9.71 Å². The number of aryl methyl sites for hydroxylation is 1. The van der Waals surface area contributed by atoms with Gasteiger partial charge in [0.25, 0.3) is 10.0 Å². The molecule has 3 rings (SSSR count). The third-order valence-electron chi connectivity index (χ3n) is 3.37. The fourth-order valence-electron chi connectivity index (χ4n) is 2.24. The molecule has 0 aliphatic heterocycles. The number of rotatable bonds is 3. The summed E-state index contributed by atoms with van der Waals surface area (Å²) < 4.78 is 27.9. The lowest BCUT2D eigenvalue weighted by Crippen LogP contribution is -2.14. The topological polar surface area (TPSA) is 59.1 Å². The van der Waals surface area contributed by atoms with Crippen molar-refractivity contribution >= 4 is 61.4 Å². The molecule has 2 aromatic carbocycles. The minimum absolute atomic E-state index is 0.0127. The molecule has 1 aromatic heterocycles. The second kappa shape index (κ2) is 6.41. The van der Waals surface area contributed by atoms with Gasteiger partial charge in [-0.2, -0.15) is 0 Å². The van der Waals surface area contributed by atoms with Crippen LogP contribution in [0.25, 0.3) is 10.9 Å². The Balaban J connectivity index is 2.11. The minimum Gasteiger partial charge on any atom is -0.277 e. The third-order valence-corrected chi connectivity index (χ3v) is 5.92. The average molecular weight is 402 g/mol. The zero-order valence-electron chi connectivity index (χ0n) is 12.3. The van der Waals surface area contributed by atoms with E-state index in [1.165, 1.54) is 12.1 Å². The highest BCUT2D eigenvalue weighted by atomic mass is 35.5. The normalized spacial score (nSPS) is 11.7. The van der Waals surface area contributed by atoms with E-state index < -0.39 is 10.0 Å². The number of hydrogen-bond donors (Lipinski definition) is 1. The molecule has 1 N–H and O–H groups in total. The number of sulfonamides is 1.